The number of halogens is 1. The predicted octanol–water partition coefficient (Wildman–Crippen LogP) is 2.49. The third-order valence-electron chi connectivity index (χ3n) is 4.49. The van der Waals surface area contributed by atoms with Crippen LogP contribution in [0.5, 0.6) is 5.75 Å². The summed E-state index contributed by atoms with van der Waals surface area (Å²) in [5.74, 6) is 1.06. The fraction of sp³-hybridized carbons (Fsp3) is 0.611. The molecule has 0 aromatic heterocycles. The first kappa shape index (κ1) is 19.2. The van der Waals surface area contributed by atoms with Crippen molar-refractivity contribution < 1.29 is 9.53 Å². The molecule has 0 spiro atoms. The van der Waals surface area contributed by atoms with Crippen LogP contribution >= 0.6 is 15.9 Å². The van der Waals surface area contributed by atoms with Crippen LogP contribution in [-0.4, -0.2) is 61.6 Å². The Morgan fingerprint density at radius 2 is 1.96 bits per heavy atom. The van der Waals surface area contributed by atoms with Crippen LogP contribution in [0.4, 0.5) is 0 Å². The molecule has 0 saturated carbocycles. The molecule has 1 aliphatic rings. The molecule has 1 fully saturated rings. The number of benzene rings is 1. The van der Waals surface area contributed by atoms with Crippen LogP contribution in [0.2, 0.25) is 0 Å². The zero-order valence-corrected chi connectivity index (χ0v) is 16.4. The number of piperazine rings is 1. The van der Waals surface area contributed by atoms with Gasteiger partial charge in [-0.1, -0.05) is 22.9 Å². The molecule has 0 bridgehead atoms. The summed E-state index contributed by atoms with van der Waals surface area (Å²) in [6.07, 6.45) is 0.966. The average Bonchev–Trinajstić information content (AvgIpc) is 2.56. The van der Waals surface area contributed by atoms with E-state index in [1.54, 1.807) is 7.11 Å². The number of carbonyl (C=O) groups is 1. The fourth-order valence-electron chi connectivity index (χ4n) is 2.84. The Labute approximate surface area is 153 Å². The quantitative estimate of drug-likeness (QED) is 0.767. The standard InChI is InChI=1S/C18H28BrN3O2/c1-4-14(2)20-18(23)13-22-9-7-21(8-10-22)12-15-11-16(19)5-6-17(15)24-3/h5-6,11,14H,4,7-10,12-13H2,1-3H3,(H,20,23)/t14-/m0/s1. The highest BCUT2D eigenvalue weighted by molar-refractivity contribution is 9.10. The van der Waals surface area contributed by atoms with Crippen LogP contribution in [-0.2, 0) is 11.3 Å². The van der Waals surface area contributed by atoms with Gasteiger partial charge >= 0.3 is 0 Å². The minimum Gasteiger partial charge on any atom is -0.496 e. The average molecular weight is 398 g/mol. The number of ether oxygens (including phenoxy) is 1. The number of hydrogen-bond donors (Lipinski definition) is 1. The first-order valence-corrected chi connectivity index (χ1v) is 9.37. The first-order valence-electron chi connectivity index (χ1n) is 8.58. The summed E-state index contributed by atoms with van der Waals surface area (Å²) in [6.45, 7) is 9.27. The maximum Gasteiger partial charge on any atom is 0.234 e. The third kappa shape index (κ3) is 5.76. The Morgan fingerprint density at radius 3 is 2.58 bits per heavy atom. The van der Waals surface area contributed by atoms with Crippen molar-refractivity contribution in [3.63, 3.8) is 0 Å². The lowest BCUT2D eigenvalue weighted by atomic mass is 10.1. The van der Waals surface area contributed by atoms with Crippen LogP contribution in [0.25, 0.3) is 0 Å². The number of hydrogen-bond acceptors (Lipinski definition) is 4. The lowest BCUT2D eigenvalue weighted by molar-refractivity contribution is -0.123. The van der Waals surface area contributed by atoms with Crippen LogP contribution in [0.3, 0.4) is 0 Å². The Bertz CT molecular complexity index is 545. The smallest absolute Gasteiger partial charge is 0.234 e. The van der Waals surface area contributed by atoms with Gasteiger partial charge < -0.3 is 10.1 Å². The minimum atomic E-state index is 0.131. The van der Waals surface area contributed by atoms with E-state index >= 15 is 0 Å². The van der Waals surface area contributed by atoms with Gasteiger partial charge in [-0.15, -0.1) is 0 Å². The molecule has 1 N–H and O–H groups in total. The summed E-state index contributed by atoms with van der Waals surface area (Å²) in [7, 11) is 1.71. The summed E-state index contributed by atoms with van der Waals surface area (Å²) in [6, 6.07) is 6.36. The van der Waals surface area contributed by atoms with Gasteiger partial charge in [0.15, 0.2) is 0 Å². The Balaban J connectivity index is 1.81. The maximum absolute atomic E-state index is 12.0. The zero-order valence-electron chi connectivity index (χ0n) is 14.8. The number of nitrogens with zero attached hydrogens (tertiary/aromatic N) is 2. The molecule has 1 heterocycles. The van der Waals surface area contributed by atoms with Crippen LogP contribution in [0.1, 0.15) is 25.8 Å². The van der Waals surface area contributed by atoms with Crippen molar-refractivity contribution in [3.8, 4) is 5.75 Å². The highest BCUT2D eigenvalue weighted by Gasteiger charge is 2.20. The van der Waals surface area contributed by atoms with E-state index in [0.29, 0.717) is 6.54 Å². The van der Waals surface area contributed by atoms with Gasteiger partial charge in [0.1, 0.15) is 5.75 Å². The molecule has 1 aliphatic heterocycles. The molecule has 1 atom stereocenters. The highest BCUT2D eigenvalue weighted by Crippen LogP contribution is 2.24. The van der Waals surface area contributed by atoms with Crippen molar-refractivity contribution in [1.29, 1.82) is 0 Å². The lowest BCUT2D eigenvalue weighted by Crippen LogP contribution is -2.49. The molecular weight excluding hydrogens is 370 g/mol. The molecule has 1 aromatic carbocycles. The summed E-state index contributed by atoms with van der Waals surface area (Å²) < 4.78 is 6.52. The van der Waals surface area contributed by atoms with Crippen molar-refractivity contribution in [2.24, 2.45) is 0 Å². The summed E-state index contributed by atoms with van der Waals surface area (Å²) in [5, 5.41) is 3.03. The van der Waals surface area contributed by atoms with Crippen molar-refractivity contribution in [1.82, 2.24) is 15.1 Å². The largest absolute Gasteiger partial charge is 0.496 e. The zero-order chi connectivity index (χ0) is 17.5. The van der Waals surface area contributed by atoms with E-state index in [4.69, 9.17) is 4.74 Å². The van der Waals surface area contributed by atoms with Crippen molar-refractivity contribution in [3.05, 3.63) is 28.2 Å². The van der Waals surface area contributed by atoms with Gasteiger partial charge in [-0.3, -0.25) is 14.6 Å². The van der Waals surface area contributed by atoms with E-state index in [2.05, 4.69) is 44.0 Å². The van der Waals surface area contributed by atoms with E-state index in [1.807, 2.05) is 19.1 Å². The Morgan fingerprint density at radius 1 is 1.29 bits per heavy atom. The number of methoxy groups -OCH3 is 1. The molecule has 1 amide bonds. The van der Waals surface area contributed by atoms with E-state index in [9.17, 15) is 4.79 Å². The van der Waals surface area contributed by atoms with E-state index in [0.717, 1.165) is 49.4 Å². The molecule has 0 radical (unpaired) electrons. The number of nitrogens with one attached hydrogen (secondary N) is 1. The Hall–Kier alpha value is -1.11. The van der Waals surface area contributed by atoms with Gasteiger partial charge in [0.2, 0.25) is 5.91 Å². The second-order valence-electron chi connectivity index (χ2n) is 6.39. The van der Waals surface area contributed by atoms with E-state index < -0.39 is 0 Å². The Kier molecular flexibility index (Phi) is 7.52. The topological polar surface area (TPSA) is 44.8 Å². The normalized spacial score (nSPS) is 17.5. The fourth-order valence-corrected chi connectivity index (χ4v) is 3.25. The second kappa shape index (κ2) is 9.39. The monoisotopic (exact) mass is 397 g/mol. The molecule has 134 valence electrons. The lowest BCUT2D eigenvalue weighted by Gasteiger charge is -2.34. The van der Waals surface area contributed by atoms with E-state index in [1.165, 1.54) is 5.56 Å². The molecular formula is C18H28BrN3O2. The number of amides is 1. The molecule has 5 nitrogen and oxygen atoms in total. The summed E-state index contributed by atoms with van der Waals surface area (Å²) in [5.41, 5.74) is 1.19. The van der Waals surface area contributed by atoms with Gasteiger partial charge in [0.25, 0.3) is 0 Å². The van der Waals surface area contributed by atoms with Gasteiger partial charge in [-0.05, 0) is 31.5 Å². The summed E-state index contributed by atoms with van der Waals surface area (Å²) in [4.78, 5) is 16.6. The van der Waals surface area contributed by atoms with Crippen molar-refractivity contribution in [2.75, 3.05) is 39.8 Å². The van der Waals surface area contributed by atoms with Crippen LogP contribution in [0, 0.1) is 0 Å². The molecule has 24 heavy (non-hydrogen) atoms. The second-order valence-corrected chi connectivity index (χ2v) is 7.30. The predicted molar refractivity (Wildman–Crippen MR) is 100 cm³/mol. The van der Waals surface area contributed by atoms with Crippen LogP contribution in [0.15, 0.2) is 22.7 Å². The van der Waals surface area contributed by atoms with Gasteiger partial charge in [0, 0.05) is 48.8 Å². The number of carbonyl (C=O) groups excluding carboxylic acids is 1. The number of rotatable bonds is 7. The minimum absolute atomic E-state index is 0.131. The molecule has 1 saturated heterocycles. The molecule has 6 heteroatoms. The van der Waals surface area contributed by atoms with Gasteiger partial charge in [-0.25, -0.2) is 0 Å². The van der Waals surface area contributed by atoms with Crippen LogP contribution < -0.4 is 10.1 Å². The molecule has 0 unspecified atom stereocenters. The molecule has 1 aromatic rings. The maximum atomic E-state index is 12.0. The highest BCUT2D eigenvalue weighted by atomic mass is 79.9. The third-order valence-corrected chi connectivity index (χ3v) is 4.98. The van der Waals surface area contributed by atoms with Gasteiger partial charge in [0.05, 0.1) is 13.7 Å². The van der Waals surface area contributed by atoms with Crippen molar-refractivity contribution >= 4 is 21.8 Å². The van der Waals surface area contributed by atoms with Gasteiger partial charge in [-0.2, -0.15) is 0 Å². The van der Waals surface area contributed by atoms with Crippen molar-refractivity contribution in [2.45, 2.75) is 32.9 Å². The SMILES string of the molecule is CC[C@H](C)NC(=O)CN1CCN(Cc2cc(Br)ccc2OC)CC1. The molecule has 2 rings (SSSR count). The first-order chi connectivity index (χ1) is 11.5. The summed E-state index contributed by atoms with van der Waals surface area (Å²) >= 11 is 3.53. The van der Waals surface area contributed by atoms with E-state index in [-0.39, 0.29) is 11.9 Å². The molecule has 0 aliphatic carbocycles.